The fraction of sp³-hybridized carbons (Fsp3) is 0. The monoisotopic (exact) mass is 434 g/mol. The van der Waals surface area contributed by atoms with Crippen molar-refractivity contribution in [3.05, 3.63) is 95.5 Å². The maximum atomic E-state index is 12.7. The lowest BCUT2D eigenvalue weighted by atomic mass is 10.2. The second kappa shape index (κ2) is 8.14. The first kappa shape index (κ1) is 20.1. The molecule has 0 heterocycles. The molecule has 3 aromatic carbocycles. The van der Waals surface area contributed by atoms with Gasteiger partial charge in [-0.3, -0.25) is 4.72 Å². The summed E-state index contributed by atoms with van der Waals surface area (Å²) in [6.07, 6.45) is 0. The maximum absolute atomic E-state index is 12.7. The molecule has 0 aliphatic carbocycles. The van der Waals surface area contributed by atoms with Crippen LogP contribution in [0.2, 0.25) is 5.02 Å². The lowest BCUT2D eigenvalue weighted by Gasteiger charge is -2.11. The second-order valence-corrected chi connectivity index (χ2v) is 9.38. The van der Waals surface area contributed by atoms with Crippen LogP contribution in [-0.2, 0) is 20.0 Å². The van der Waals surface area contributed by atoms with E-state index >= 15 is 0 Å². The summed E-state index contributed by atoms with van der Waals surface area (Å²) >= 11 is 5.80. The molecule has 144 valence electrons. The van der Waals surface area contributed by atoms with E-state index in [1.54, 1.807) is 48.5 Å². The number of hydrogen-bond donors (Lipinski definition) is 1. The third kappa shape index (κ3) is 4.78. The van der Waals surface area contributed by atoms with Crippen LogP contribution in [0.3, 0.4) is 0 Å². The molecular formula is C19H15ClN2O4S2. The summed E-state index contributed by atoms with van der Waals surface area (Å²) < 4.78 is 56.7. The Labute approximate surface area is 168 Å². The van der Waals surface area contributed by atoms with Gasteiger partial charge in [-0.15, -0.1) is 4.40 Å². The summed E-state index contributed by atoms with van der Waals surface area (Å²) in [5, 5.41) is 0.377. The van der Waals surface area contributed by atoms with Crippen LogP contribution >= 0.6 is 11.6 Å². The minimum absolute atomic E-state index is 0.0471. The van der Waals surface area contributed by atoms with E-state index in [4.69, 9.17) is 11.6 Å². The SMILES string of the molecule is O=S(=O)(/N=C(/NS(=O)(=O)c1ccc(Cl)cc1)c1ccccc1)c1ccccc1. The fourth-order valence-electron chi connectivity index (χ4n) is 2.29. The highest BCUT2D eigenvalue weighted by atomic mass is 35.5. The zero-order valence-electron chi connectivity index (χ0n) is 14.4. The summed E-state index contributed by atoms with van der Waals surface area (Å²) in [6, 6.07) is 21.2. The Morgan fingerprint density at radius 2 is 1.25 bits per heavy atom. The smallest absolute Gasteiger partial charge is 0.262 e. The van der Waals surface area contributed by atoms with Crippen LogP contribution in [0.15, 0.2) is 99.1 Å². The summed E-state index contributed by atoms with van der Waals surface area (Å²) in [4.78, 5) is -0.119. The van der Waals surface area contributed by atoms with Gasteiger partial charge < -0.3 is 0 Å². The number of nitrogens with one attached hydrogen (secondary N) is 1. The van der Waals surface area contributed by atoms with Crippen molar-refractivity contribution < 1.29 is 16.8 Å². The van der Waals surface area contributed by atoms with Crippen LogP contribution in [0.4, 0.5) is 0 Å². The lowest BCUT2D eigenvalue weighted by molar-refractivity contribution is 0.592. The van der Waals surface area contributed by atoms with Crippen LogP contribution in [0.25, 0.3) is 0 Å². The van der Waals surface area contributed by atoms with Crippen molar-refractivity contribution in [3.8, 4) is 0 Å². The van der Waals surface area contributed by atoms with Crippen LogP contribution in [0, 0.1) is 0 Å². The van der Waals surface area contributed by atoms with Crippen LogP contribution in [-0.4, -0.2) is 22.7 Å². The second-order valence-electron chi connectivity index (χ2n) is 5.65. The zero-order chi connectivity index (χ0) is 20.2. The van der Waals surface area contributed by atoms with E-state index in [0.29, 0.717) is 10.6 Å². The summed E-state index contributed by atoms with van der Waals surface area (Å²) in [5.41, 5.74) is 0.305. The highest BCUT2D eigenvalue weighted by Crippen LogP contribution is 2.17. The van der Waals surface area contributed by atoms with Crippen molar-refractivity contribution in [1.82, 2.24) is 4.72 Å². The molecule has 9 heteroatoms. The normalized spacial score (nSPS) is 12.5. The van der Waals surface area contributed by atoms with Crippen molar-refractivity contribution in [1.29, 1.82) is 0 Å². The Balaban J connectivity index is 2.07. The first-order valence-corrected chi connectivity index (χ1v) is 11.3. The van der Waals surface area contributed by atoms with E-state index in [0.717, 1.165) is 0 Å². The summed E-state index contributed by atoms with van der Waals surface area (Å²) in [6.45, 7) is 0. The van der Waals surface area contributed by atoms with E-state index in [-0.39, 0.29) is 15.6 Å². The molecule has 0 atom stereocenters. The van der Waals surface area contributed by atoms with Crippen molar-refractivity contribution in [2.24, 2.45) is 4.40 Å². The Bertz CT molecular complexity index is 1190. The molecule has 3 rings (SSSR count). The summed E-state index contributed by atoms with van der Waals surface area (Å²) in [5.74, 6) is -0.306. The van der Waals surface area contributed by atoms with Crippen molar-refractivity contribution in [3.63, 3.8) is 0 Å². The molecule has 0 radical (unpaired) electrons. The molecule has 28 heavy (non-hydrogen) atoms. The van der Waals surface area contributed by atoms with Gasteiger partial charge in [0.25, 0.3) is 20.0 Å². The number of benzene rings is 3. The van der Waals surface area contributed by atoms with Gasteiger partial charge in [-0.05, 0) is 36.4 Å². The molecule has 0 spiro atoms. The minimum atomic E-state index is -4.13. The molecule has 0 unspecified atom stereocenters. The first-order valence-electron chi connectivity index (χ1n) is 8.02. The van der Waals surface area contributed by atoms with Crippen molar-refractivity contribution >= 4 is 37.5 Å². The van der Waals surface area contributed by atoms with E-state index in [2.05, 4.69) is 9.12 Å². The quantitative estimate of drug-likeness (QED) is 0.491. The van der Waals surface area contributed by atoms with Crippen molar-refractivity contribution in [2.45, 2.75) is 9.79 Å². The van der Waals surface area contributed by atoms with Gasteiger partial charge in [0.2, 0.25) is 0 Å². The number of amidine groups is 1. The van der Waals surface area contributed by atoms with Gasteiger partial charge in [0.15, 0.2) is 5.84 Å². The summed E-state index contributed by atoms with van der Waals surface area (Å²) in [7, 11) is -8.21. The molecule has 0 aromatic heterocycles. The average Bonchev–Trinajstić information content (AvgIpc) is 2.69. The zero-order valence-corrected chi connectivity index (χ0v) is 16.7. The Morgan fingerprint density at radius 1 is 0.714 bits per heavy atom. The number of rotatable bonds is 5. The van der Waals surface area contributed by atoms with Gasteiger partial charge in [0.1, 0.15) is 0 Å². The van der Waals surface area contributed by atoms with Crippen LogP contribution in [0.5, 0.6) is 0 Å². The molecular weight excluding hydrogens is 420 g/mol. The van der Waals surface area contributed by atoms with E-state index < -0.39 is 20.0 Å². The van der Waals surface area contributed by atoms with Gasteiger partial charge in [-0.1, -0.05) is 60.1 Å². The third-order valence-electron chi connectivity index (χ3n) is 3.65. The maximum Gasteiger partial charge on any atom is 0.284 e. The molecule has 3 aromatic rings. The van der Waals surface area contributed by atoms with E-state index in [1.807, 2.05) is 0 Å². The third-order valence-corrected chi connectivity index (χ3v) is 6.55. The number of nitrogens with zero attached hydrogens (tertiary/aromatic N) is 1. The molecule has 1 N–H and O–H groups in total. The number of halogens is 1. The van der Waals surface area contributed by atoms with E-state index in [1.165, 1.54) is 36.4 Å². The standard InChI is InChI=1S/C19H15ClN2O4S2/c20-16-11-13-18(14-12-16)28(25,26)22-19(15-7-3-1-4-8-15)21-27(23,24)17-9-5-2-6-10-17/h1-14H,(H,21,22). The van der Waals surface area contributed by atoms with Gasteiger partial charge in [0.05, 0.1) is 9.79 Å². The Hall–Kier alpha value is -2.68. The van der Waals surface area contributed by atoms with Gasteiger partial charge in [-0.25, -0.2) is 8.42 Å². The largest absolute Gasteiger partial charge is 0.284 e. The Morgan fingerprint density at radius 3 is 1.82 bits per heavy atom. The lowest BCUT2D eigenvalue weighted by Crippen LogP contribution is -2.32. The number of hydrogen-bond acceptors (Lipinski definition) is 4. The van der Waals surface area contributed by atoms with Gasteiger partial charge >= 0.3 is 0 Å². The fourth-order valence-corrected chi connectivity index (χ4v) is 4.50. The minimum Gasteiger partial charge on any atom is -0.262 e. The molecule has 0 fully saturated rings. The molecule has 0 saturated heterocycles. The van der Waals surface area contributed by atoms with Crippen molar-refractivity contribution in [2.75, 3.05) is 0 Å². The molecule has 0 aliphatic heterocycles. The molecule has 6 nitrogen and oxygen atoms in total. The first-order chi connectivity index (χ1) is 13.3. The van der Waals surface area contributed by atoms with Crippen LogP contribution in [0.1, 0.15) is 5.56 Å². The molecule has 0 amide bonds. The number of sulfonamides is 2. The molecule has 0 saturated carbocycles. The predicted octanol–water partition coefficient (Wildman–Crippen LogP) is 3.45. The molecule has 0 aliphatic rings. The highest BCUT2D eigenvalue weighted by molar-refractivity contribution is 7.91. The molecule has 0 bridgehead atoms. The van der Waals surface area contributed by atoms with Gasteiger partial charge in [0, 0.05) is 10.6 Å². The highest BCUT2D eigenvalue weighted by Gasteiger charge is 2.21. The van der Waals surface area contributed by atoms with Gasteiger partial charge in [-0.2, -0.15) is 8.42 Å². The average molecular weight is 435 g/mol. The Kier molecular flexibility index (Phi) is 5.83. The van der Waals surface area contributed by atoms with Crippen LogP contribution < -0.4 is 4.72 Å². The predicted molar refractivity (Wildman–Crippen MR) is 108 cm³/mol. The van der Waals surface area contributed by atoms with E-state index in [9.17, 15) is 16.8 Å². The topological polar surface area (TPSA) is 92.7 Å².